The molecule has 252 valence electrons. The molecule has 2 aromatic rings. The van der Waals surface area contributed by atoms with E-state index in [4.69, 9.17) is 38.9 Å². The van der Waals surface area contributed by atoms with Gasteiger partial charge in [-0.3, -0.25) is 38.3 Å². The van der Waals surface area contributed by atoms with Crippen molar-refractivity contribution < 1.29 is 57.1 Å². The molecule has 1 saturated heterocycles. The molecule has 3 heterocycles. The largest absolute Gasteiger partial charge is 0.455 e. The molecule has 0 bridgehead atoms. The maximum Gasteiger partial charge on any atom is 0.330 e. The minimum Gasteiger partial charge on any atom is -0.455 e. The lowest BCUT2D eigenvalue weighted by Crippen LogP contribution is -2.55. The summed E-state index contributed by atoms with van der Waals surface area (Å²) in [7, 11) is 1.19. The van der Waals surface area contributed by atoms with Crippen LogP contribution in [-0.2, 0) is 57.1 Å². The van der Waals surface area contributed by atoms with Gasteiger partial charge in [-0.15, -0.1) is 0 Å². The van der Waals surface area contributed by atoms with Gasteiger partial charge in [0.25, 0.3) is 11.5 Å². The Morgan fingerprint density at radius 2 is 1.55 bits per heavy atom. The third-order valence-corrected chi connectivity index (χ3v) is 6.79. The maximum atomic E-state index is 13.2. The number of esters is 3. The zero-order chi connectivity index (χ0) is 34.4. The van der Waals surface area contributed by atoms with Gasteiger partial charge >= 0.3 is 23.6 Å². The third-order valence-electron chi connectivity index (χ3n) is 6.79. The predicted molar refractivity (Wildman–Crippen MR) is 155 cm³/mol. The highest BCUT2D eigenvalue weighted by molar-refractivity contribution is 6.02. The van der Waals surface area contributed by atoms with E-state index in [1.165, 1.54) is 7.11 Å². The van der Waals surface area contributed by atoms with E-state index in [1.54, 1.807) is 30.3 Å². The quantitative estimate of drug-likeness (QED) is 0.193. The van der Waals surface area contributed by atoms with E-state index in [2.05, 4.69) is 5.32 Å². The Hall–Kier alpha value is -5.33. The minimum atomic E-state index is -1.88. The van der Waals surface area contributed by atoms with Crippen molar-refractivity contribution in [2.24, 2.45) is 5.73 Å². The van der Waals surface area contributed by atoms with Crippen LogP contribution >= 0.6 is 0 Å². The Labute approximate surface area is 265 Å². The number of rotatable bonds is 11. The van der Waals surface area contributed by atoms with E-state index in [9.17, 15) is 33.6 Å². The number of anilines is 1. The number of ether oxygens (including phenoxy) is 7. The topological polar surface area (TPSA) is 243 Å². The molecule has 0 aliphatic carbocycles. The molecule has 2 aliphatic heterocycles. The standard InChI is InChI=1S/C29H32N4O14/c1-13(34)42-17-12-18(26(39)31-16-8-6-5-7-9-16)45-28(20(17)43-14(2)35)47-23(25(30)38)22-21(41-4)24(44-15(3)36)27(46-22)33-11-10-19(37)32-29(33)40/h5-12,17,20-24,27-28H,1-4H3,(H2,30,38)(H,31,39)(H,32,37,40)/t17-,20-,21+,22-,23?,24+,27+,28+/m0/s1. The van der Waals surface area contributed by atoms with Gasteiger partial charge in [-0.05, 0) is 12.1 Å². The summed E-state index contributed by atoms with van der Waals surface area (Å²) < 4.78 is 40.1. The Morgan fingerprint density at radius 1 is 0.915 bits per heavy atom. The second-order valence-corrected chi connectivity index (χ2v) is 10.2. The van der Waals surface area contributed by atoms with Crippen molar-refractivity contribution in [1.29, 1.82) is 0 Å². The van der Waals surface area contributed by atoms with Crippen LogP contribution in [0, 0.1) is 0 Å². The molecule has 1 fully saturated rings. The number of nitrogens with two attached hydrogens (primary N) is 1. The number of methoxy groups -OCH3 is 1. The van der Waals surface area contributed by atoms with Gasteiger partial charge in [0, 0.05) is 51.9 Å². The van der Waals surface area contributed by atoms with Crippen LogP contribution < -0.4 is 22.3 Å². The first-order valence-electron chi connectivity index (χ1n) is 14.0. The van der Waals surface area contributed by atoms with E-state index in [0.717, 1.165) is 43.7 Å². The predicted octanol–water partition coefficient (Wildman–Crippen LogP) is -1.01. The van der Waals surface area contributed by atoms with E-state index in [0.29, 0.717) is 5.69 Å². The molecule has 2 amide bonds. The second kappa shape index (κ2) is 14.8. The molecular formula is C29H32N4O14. The highest BCUT2D eigenvalue weighted by atomic mass is 16.7. The van der Waals surface area contributed by atoms with Crippen LogP contribution in [0.3, 0.4) is 0 Å². The molecular weight excluding hydrogens is 628 g/mol. The Balaban J connectivity index is 1.72. The number of hydrogen-bond acceptors (Lipinski definition) is 14. The maximum absolute atomic E-state index is 13.2. The Kier molecular flexibility index (Phi) is 10.9. The first-order valence-corrected chi connectivity index (χ1v) is 14.0. The molecule has 1 aromatic carbocycles. The fraction of sp³-hybridized carbons (Fsp3) is 0.414. The van der Waals surface area contributed by atoms with Crippen LogP contribution in [0.5, 0.6) is 0 Å². The lowest BCUT2D eigenvalue weighted by atomic mass is 10.0. The first-order chi connectivity index (χ1) is 22.3. The lowest BCUT2D eigenvalue weighted by Gasteiger charge is -2.37. The average molecular weight is 661 g/mol. The number of nitrogens with zero attached hydrogens (tertiary/aromatic N) is 1. The number of carbonyl (C=O) groups is 5. The third kappa shape index (κ3) is 8.29. The zero-order valence-electron chi connectivity index (χ0n) is 25.5. The second-order valence-electron chi connectivity index (χ2n) is 10.2. The van der Waals surface area contributed by atoms with Crippen molar-refractivity contribution >= 4 is 35.4 Å². The van der Waals surface area contributed by atoms with Gasteiger partial charge in [-0.2, -0.15) is 0 Å². The van der Waals surface area contributed by atoms with Crippen molar-refractivity contribution in [3.63, 3.8) is 0 Å². The number of H-pyrrole nitrogens is 1. The number of hydrogen-bond donors (Lipinski definition) is 3. The summed E-state index contributed by atoms with van der Waals surface area (Å²) in [6.07, 6.45) is -10.3. The molecule has 0 radical (unpaired) electrons. The van der Waals surface area contributed by atoms with Crippen LogP contribution in [0.2, 0.25) is 0 Å². The zero-order valence-corrected chi connectivity index (χ0v) is 25.5. The molecule has 8 atom stereocenters. The van der Waals surface area contributed by atoms with Gasteiger partial charge in [0.05, 0.1) is 0 Å². The number of primary amides is 1. The smallest absolute Gasteiger partial charge is 0.330 e. The van der Waals surface area contributed by atoms with Gasteiger partial charge in [0.2, 0.25) is 18.3 Å². The van der Waals surface area contributed by atoms with Crippen LogP contribution in [-0.4, -0.2) is 89.3 Å². The van der Waals surface area contributed by atoms with Crippen LogP contribution in [0.25, 0.3) is 0 Å². The summed E-state index contributed by atoms with van der Waals surface area (Å²) in [5, 5.41) is 2.59. The molecule has 4 rings (SSSR count). The summed E-state index contributed by atoms with van der Waals surface area (Å²) in [5.74, 6) is -4.96. The van der Waals surface area contributed by atoms with E-state index in [-0.39, 0.29) is 0 Å². The fourth-order valence-corrected chi connectivity index (χ4v) is 4.98. The summed E-state index contributed by atoms with van der Waals surface area (Å²) in [4.78, 5) is 88.7. The van der Waals surface area contributed by atoms with E-state index >= 15 is 0 Å². The molecule has 18 heteroatoms. The number of aromatic amines is 1. The number of para-hydroxylation sites is 1. The molecule has 4 N–H and O–H groups in total. The molecule has 1 aromatic heterocycles. The number of amides is 2. The van der Waals surface area contributed by atoms with Gasteiger partial charge in [-0.1, -0.05) is 18.2 Å². The minimum absolute atomic E-state index is 0.378. The monoisotopic (exact) mass is 660 g/mol. The van der Waals surface area contributed by atoms with Crippen molar-refractivity contribution in [3.05, 3.63) is 75.3 Å². The van der Waals surface area contributed by atoms with Crippen LogP contribution in [0.15, 0.2) is 64.0 Å². The Morgan fingerprint density at radius 3 is 2.13 bits per heavy atom. The molecule has 0 spiro atoms. The SMILES string of the molecule is CO[C@H]1[C@@H](OC(C)=O)[C@H](n2ccc(=O)[nH]c2=O)O[C@@H]1C(O[C@H]1OC(C(=O)Nc2ccccc2)=C[C@H](OC(C)=O)[C@@H]1OC(C)=O)C(N)=O. The van der Waals surface area contributed by atoms with Crippen molar-refractivity contribution in [2.45, 2.75) is 69.9 Å². The van der Waals surface area contributed by atoms with Crippen molar-refractivity contribution in [1.82, 2.24) is 9.55 Å². The summed E-state index contributed by atoms with van der Waals surface area (Å²) in [6.45, 7) is 3.20. The van der Waals surface area contributed by atoms with Gasteiger partial charge in [-0.25, -0.2) is 4.79 Å². The van der Waals surface area contributed by atoms with Gasteiger partial charge in [0.15, 0.2) is 30.3 Å². The van der Waals surface area contributed by atoms with Gasteiger partial charge in [0.1, 0.15) is 12.2 Å². The normalized spacial score (nSPS) is 25.8. The summed E-state index contributed by atoms with van der Waals surface area (Å²) in [5.41, 5.74) is 4.44. The molecule has 0 saturated carbocycles. The molecule has 1 unspecified atom stereocenters. The lowest BCUT2D eigenvalue weighted by molar-refractivity contribution is -0.249. The molecule has 2 aliphatic rings. The molecule has 18 nitrogen and oxygen atoms in total. The highest BCUT2D eigenvalue weighted by Crippen LogP contribution is 2.36. The van der Waals surface area contributed by atoms with E-state index in [1.807, 2.05) is 4.98 Å². The first kappa shape index (κ1) is 34.5. The average Bonchev–Trinajstić information content (AvgIpc) is 3.33. The van der Waals surface area contributed by atoms with Crippen molar-refractivity contribution in [3.8, 4) is 0 Å². The van der Waals surface area contributed by atoms with Crippen LogP contribution in [0.4, 0.5) is 5.69 Å². The number of nitrogens with one attached hydrogen (secondary N) is 2. The molecule has 47 heavy (non-hydrogen) atoms. The fourth-order valence-electron chi connectivity index (χ4n) is 4.98. The van der Waals surface area contributed by atoms with Gasteiger partial charge < -0.3 is 44.2 Å². The number of benzene rings is 1. The summed E-state index contributed by atoms with van der Waals surface area (Å²) >= 11 is 0. The Bertz CT molecular complexity index is 1650. The number of aromatic nitrogens is 2. The van der Waals surface area contributed by atoms with Crippen LogP contribution in [0.1, 0.15) is 27.0 Å². The van der Waals surface area contributed by atoms with E-state index < -0.39 is 95.9 Å². The van der Waals surface area contributed by atoms with Crippen molar-refractivity contribution in [2.75, 3.05) is 12.4 Å². The summed E-state index contributed by atoms with van der Waals surface area (Å²) in [6, 6.07) is 9.25. The highest BCUT2D eigenvalue weighted by Gasteiger charge is 2.55. The number of carbonyl (C=O) groups excluding carboxylic acids is 5.